The highest BCUT2D eigenvalue weighted by molar-refractivity contribution is 4.91. The third kappa shape index (κ3) is 3.57. The highest BCUT2D eigenvalue weighted by Gasteiger charge is 2.37. The third-order valence-corrected chi connectivity index (χ3v) is 6.56. The van der Waals surface area contributed by atoms with Crippen LogP contribution in [-0.4, -0.2) is 37.1 Å². The van der Waals surface area contributed by atoms with E-state index in [-0.39, 0.29) is 0 Å². The highest BCUT2D eigenvalue weighted by atomic mass is 15.1. The number of hydrogen-bond acceptors (Lipinski definition) is 2. The summed E-state index contributed by atoms with van der Waals surface area (Å²) in [5.41, 5.74) is 0.796. The molecule has 1 spiro atoms. The molecule has 0 radical (unpaired) electrons. The molecule has 2 nitrogen and oxygen atoms in total. The van der Waals surface area contributed by atoms with Crippen molar-refractivity contribution in [3.63, 3.8) is 0 Å². The average Bonchev–Trinajstić information content (AvgIpc) is 2.96. The van der Waals surface area contributed by atoms with E-state index in [1.54, 1.807) is 0 Å². The first-order chi connectivity index (χ1) is 9.80. The first-order valence-corrected chi connectivity index (χ1v) is 9.25. The van der Waals surface area contributed by atoms with E-state index in [0.717, 1.165) is 17.4 Å². The van der Waals surface area contributed by atoms with Crippen LogP contribution < -0.4 is 5.32 Å². The molecular formula is C18H34N2. The van der Waals surface area contributed by atoms with Crippen LogP contribution in [0, 0.1) is 11.3 Å². The van der Waals surface area contributed by atoms with E-state index in [4.69, 9.17) is 0 Å². The smallest absolute Gasteiger partial charge is 0.00675 e. The largest absolute Gasteiger partial charge is 0.314 e. The van der Waals surface area contributed by atoms with Gasteiger partial charge in [-0.2, -0.15) is 0 Å². The topological polar surface area (TPSA) is 15.3 Å². The molecule has 3 fully saturated rings. The summed E-state index contributed by atoms with van der Waals surface area (Å²) in [5.74, 6) is 0.945. The van der Waals surface area contributed by atoms with Crippen molar-refractivity contribution in [2.75, 3.05) is 26.2 Å². The Morgan fingerprint density at radius 1 is 0.950 bits per heavy atom. The molecule has 0 aromatic carbocycles. The van der Waals surface area contributed by atoms with Gasteiger partial charge in [0.05, 0.1) is 0 Å². The van der Waals surface area contributed by atoms with E-state index in [1.165, 1.54) is 90.4 Å². The number of nitrogens with zero attached hydrogens (tertiary/aromatic N) is 1. The van der Waals surface area contributed by atoms with E-state index in [1.807, 2.05) is 0 Å². The Hall–Kier alpha value is -0.0800. The fourth-order valence-corrected chi connectivity index (χ4v) is 4.90. The molecule has 3 rings (SSSR count). The van der Waals surface area contributed by atoms with E-state index in [0.29, 0.717) is 0 Å². The van der Waals surface area contributed by atoms with E-state index >= 15 is 0 Å². The van der Waals surface area contributed by atoms with Gasteiger partial charge < -0.3 is 10.2 Å². The fourth-order valence-electron chi connectivity index (χ4n) is 4.90. The van der Waals surface area contributed by atoms with Crippen LogP contribution in [0.4, 0.5) is 0 Å². The molecule has 2 aliphatic carbocycles. The van der Waals surface area contributed by atoms with Crippen molar-refractivity contribution in [2.45, 2.75) is 77.2 Å². The first-order valence-electron chi connectivity index (χ1n) is 9.25. The van der Waals surface area contributed by atoms with Crippen LogP contribution in [-0.2, 0) is 0 Å². The predicted octanol–water partition coefficient (Wildman–Crippen LogP) is 3.81. The van der Waals surface area contributed by atoms with Gasteiger partial charge in [0.15, 0.2) is 0 Å². The summed E-state index contributed by atoms with van der Waals surface area (Å²) in [6.45, 7) is 7.48. The van der Waals surface area contributed by atoms with Gasteiger partial charge in [0.2, 0.25) is 0 Å². The third-order valence-electron chi connectivity index (χ3n) is 6.56. The summed E-state index contributed by atoms with van der Waals surface area (Å²) in [4.78, 5) is 2.60. The molecule has 0 amide bonds. The summed E-state index contributed by atoms with van der Waals surface area (Å²) < 4.78 is 0. The second-order valence-electron chi connectivity index (χ2n) is 7.77. The Bertz CT molecular complexity index is 278. The molecule has 2 saturated carbocycles. The van der Waals surface area contributed by atoms with Crippen molar-refractivity contribution in [2.24, 2.45) is 11.3 Å². The van der Waals surface area contributed by atoms with Gasteiger partial charge in [-0.3, -0.25) is 0 Å². The number of likely N-dealkylation sites (tertiary alicyclic amines) is 1. The molecule has 0 unspecified atom stereocenters. The van der Waals surface area contributed by atoms with Crippen LogP contribution in [0.15, 0.2) is 0 Å². The molecule has 1 aliphatic heterocycles. The molecule has 0 atom stereocenters. The summed E-state index contributed by atoms with van der Waals surface area (Å²) in [5, 5.41) is 3.91. The van der Waals surface area contributed by atoms with E-state index in [9.17, 15) is 0 Å². The maximum Gasteiger partial charge on any atom is 0.00675 e. The molecular weight excluding hydrogens is 244 g/mol. The van der Waals surface area contributed by atoms with Gasteiger partial charge in [-0.15, -0.1) is 0 Å². The van der Waals surface area contributed by atoms with Gasteiger partial charge in [-0.1, -0.05) is 19.8 Å². The Labute approximate surface area is 125 Å². The van der Waals surface area contributed by atoms with Crippen LogP contribution in [0.2, 0.25) is 0 Å². The van der Waals surface area contributed by atoms with Crippen LogP contribution in [0.5, 0.6) is 0 Å². The van der Waals surface area contributed by atoms with Crippen molar-refractivity contribution in [3.8, 4) is 0 Å². The molecule has 0 bridgehead atoms. The zero-order valence-corrected chi connectivity index (χ0v) is 13.5. The Morgan fingerprint density at radius 3 is 2.20 bits per heavy atom. The van der Waals surface area contributed by atoms with Crippen LogP contribution in [0.3, 0.4) is 0 Å². The Morgan fingerprint density at radius 2 is 1.60 bits per heavy atom. The minimum absolute atomic E-state index is 0.796. The Balaban J connectivity index is 1.34. The average molecular weight is 278 g/mol. The molecule has 1 heterocycles. The van der Waals surface area contributed by atoms with E-state index in [2.05, 4.69) is 17.1 Å². The molecule has 3 aliphatic rings. The lowest BCUT2D eigenvalue weighted by atomic mass is 9.71. The van der Waals surface area contributed by atoms with Gasteiger partial charge in [-0.05, 0) is 88.9 Å². The van der Waals surface area contributed by atoms with Crippen molar-refractivity contribution < 1.29 is 0 Å². The molecule has 1 saturated heterocycles. The molecule has 0 aromatic rings. The quantitative estimate of drug-likeness (QED) is 0.841. The van der Waals surface area contributed by atoms with Gasteiger partial charge in [-0.25, -0.2) is 0 Å². The van der Waals surface area contributed by atoms with E-state index < -0.39 is 0 Å². The predicted molar refractivity (Wildman–Crippen MR) is 86.0 cm³/mol. The van der Waals surface area contributed by atoms with Crippen molar-refractivity contribution >= 4 is 0 Å². The monoisotopic (exact) mass is 278 g/mol. The SMILES string of the molecule is CCN1CCC(CNC2CCC3(CCCC3)CC2)CC1. The van der Waals surface area contributed by atoms with Crippen LogP contribution in [0.25, 0.3) is 0 Å². The van der Waals surface area contributed by atoms with Gasteiger partial charge in [0.25, 0.3) is 0 Å². The van der Waals surface area contributed by atoms with Gasteiger partial charge >= 0.3 is 0 Å². The minimum Gasteiger partial charge on any atom is -0.314 e. The van der Waals surface area contributed by atoms with Crippen molar-refractivity contribution in [3.05, 3.63) is 0 Å². The molecule has 1 N–H and O–H groups in total. The summed E-state index contributed by atoms with van der Waals surface area (Å²) in [7, 11) is 0. The number of piperidine rings is 1. The second-order valence-corrected chi connectivity index (χ2v) is 7.77. The summed E-state index contributed by atoms with van der Waals surface area (Å²) in [6, 6.07) is 0.838. The summed E-state index contributed by atoms with van der Waals surface area (Å²) >= 11 is 0. The molecule has 116 valence electrons. The number of hydrogen-bond donors (Lipinski definition) is 1. The molecule has 20 heavy (non-hydrogen) atoms. The number of rotatable bonds is 4. The first kappa shape index (κ1) is 14.8. The summed E-state index contributed by atoms with van der Waals surface area (Å²) in [6.07, 6.45) is 14.8. The number of nitrogens with one attached hydrogen (secondary N) is 1. The normalized spacial score (nSPS) is 29.2. The molecule has 2 heteroatoms. The standard InChI is InChI=1S/C18H34N2/c1-2-20-13-7-16(8-14-20)15-19-17-5-11-18(12-6-17)9-3-4-10-18/h16-17,19H,2-15H2,1H3. The Kier molecular flexibility index (Phi) is 5.04. The van der Waals surface area contributed by atoms with Crippen molar-refractivity contribution in [1.82, 2.24) is 10.2 Å². The van der Waals surface area contributed by atoms with Crippen LogP contribution in [0.1, 0.15) is 71.1 Å². The van der Waals surface area contributed by atoms with Gasteiger partial charge in [0, 0.05) is 6.04 Å². The molecule has 0 aromatic heterocycles. The van der Waals surface area contributed by atoms with Crippen LogP contribution >= 0.6 is 0 Å². The van der Waals surface area contributed by atoms with Crippen molar-refractivity contribution in [1.29, 1.82) is 0 Å². The zero-order chi connectivity index (χ0) is 13.8. The maximum atomic E-state index is 3.91. The lowest BCUT2D eigenvalue weighted by Gasteiger charge is -2.38. The second kappa shape index (κ2) is 6.79. The zero-order valence-electron chi connectivity index (χ0n) is 13.5. The fraction of sp³-hybridized carbons (Fsp3) is 1.00. The maximum absolute atomic E-state index is 3.91. The highest BCUT2D eigenvalue weighted by Crippen LogP contribution is 2.48. The van der Waals surface area contributed by atoms with Gasteiger partial charge in [0.1, 0.15) is 0 Å². The lowest BCUT2D eigenvalue weighted by Crippen LogP contribution is -2.42. The lowest BCUT2D eigenvalue weighted by molar-refractivity contribution is 0.154. The minimum atomic E-state index is 0.796.